The van der Waals surface area contributed by atoms with Crippen molar-refractivity contribution in [3.63, 3.8) is 0 Å². The molecule has 4 rings (SSSR count). The zero-order chi connectivity index (χ0) is 22.0. The summed E-state index contributed by atoms with van der Waals surface area (Å²) in [6.07, 6.45) is 1.59. The Bertz CT molecular complexity index is 1340. The van der Waals surface area contributed by atoms with Gasteiger partial charge in [0.15, 0.2) is 5.78 Å². The predicted octanol–water partition coefficient (Wildman–Crippen LogP) is 3.35. The number of aromatic nitrogens is 1. The lowest BCUT2D eigenvalue weighted by Gasteiger charge is -2.20. The van der Waals surface area contributed by atoms with Crippen LogP contribution in [0.4, 0.5) is 5.69 Å². The van der Waals surface area contributed by atoms with E-state index >= 15 is 0 Å². The van der Waals surface area contributed by atoms with Crippen molar-refractivity contribution >= 4 is 17.4 Å². The molecule has 1 aliphatic rings. The van der Waals surface area contributed by atoms with Crippen LogP contribution in [0.2, 0.25) is 0 Å². The Morgan fingerprint density at radius 3 is 2.29 bits per heavy atom. The summed E-state index contributed by atoms with van der Waals surface area (Å²) in [5.74, 6) is -0.420. The lowest BCUT2D eigenvalue weighted by atomic mass is 9.93. The van der Waals surface area contributed by atoms with Crippen molar-refractivity contribution in [1.29, 1.82) is 10.5 Å². The molecule has 0 unspecified atom stereocenters. The third-order valence-electron chi connectivity index (χ3n) is 5.20. The molecule has 3 aromatic rings. The van der Waals surface area contributed by atoms with Crippen LogP contribution < -0.4 is 10.9 Å². The second-order valence-electron chi connectivity index (χ2n) is 7.14. The molecule has 0 atom stereocenters. The highest BCUT2D eigenvalue weighted by molar-refractivity contribution is 6.04. The topological polar surface area (TPSA) is 116 Å². The Hall–Kier alpha value is -4.49. The predicted molar refractivity (Wildman–Crippen MR) is 113 cm³/mol. The van der Waals surface area contributed by atoms with Crippen molar-refractivity contribution < 1.29 is 9.59 Å². The summed E-state index contributed by atoms with van der Waals surface area (Å²) in [5, 5.41) is 20.9. The Labute approximate surface area is 177 Å². The maximum Gasteiger partial charge on any atom is 0.273 e. The molecule has 31 heavy (non-hydrogen) atoms. The monoisotopic (exact) mass is 408 g/mol. The molecule has 7 heteroatoms. The highest BCUT2D eigenvalue weighted by Gasteiger charge is 2.24. The Balaban J connectivity index is 1.67. The van der Waals surface area contributed by atoms with Crippen molar-refractivity contribution in [2.75, 3.05) is 5.32 Å². The summed E-state index contributed by atoms with van der Waals surface area (Å²) in [6.45, 7) is 0. The average Bonchev–Trinajstić information content (AvgIpc) is 2.79. The normalized spacial score (nSPS) is 12.4. The number of carbonyl (C=O) groups is 2. The number of benzene rings is 2. The first-order chi connectivity index (χ1) is 15.0. The van der Waals surface area contributed by atoms with Gasteiger partial charge in [0.2, 0.25) is 0 Å². The molecule has 150 valence electrons. The highest BCUT2D eigenvalue weighted by atomic mass is 16.2. The Morgan fingerprint density at radius 2 is 1.65 bits per heavy atom. The van der Waals surface area contributed by atoms with E-state index in [1.165, 1.54) is 10.6 Å². The van der Waals surface area contributed by atoms with Crippen molar-refractivity contribution in [3.8, 4) is 17.8 Å². The van der Waals surface area contributed by atoms with Crippen molar-refractivity contribution in [3.05, 3.63) is 92.9 Å². The van der Waals surface area contributed by atoms with E-state index in [1.807, 2.05) is 12.1 Å². The highest BCUT2D eigenvalue weighted by Crippen LogP contribution is 2.23. The number of pyridine rings is 1. The van der Waals surface area contributed by atoms with E-state index in [2.05, 4.69) is 5.32 Å². The number of ketones is 1. The first-order valence-corrected chi connectivity index (χ1v) is 9.66. The van der Waals surface area contributed by atoms with Gasteiger partial charge in [-0.15, -0.1) is 0 Å². The van der Waals surface area contributed by atoms with Crippen LogP contribution in [0.3, 0.4) is 0 Å². The number of Topliss-reactive ketones (excluding diaryl/α,β-unsaturated/α-hetero) is 1. The summed E-state index contributed by atoms with van der Waals surface area (Å²) >= 11 is 0. The molecular formula is C24H16N4O3. The summed E-state index contributed by atoms with van der Waals surface area (Å²) in [4.78, 5) is 37.7. The van der Waals surface area contributed by atoms with Gasteiger partial charge in [-0.05, 0) is 67.4 Å². The lowest BCUT2D eigenvalue weighted by molar-refractivity contribution is 0.0969. The molecule has 1 aromatic heterocycles. The first kappa shape index (κ1) is 19.8. The maximum atomic E-state index is 12.8. The van der Waals surface area contributed by atoms with E-state index in [4.69, 9.17) is 5.26 Å². The van der Waals surface area contributed by atoms with Crippen LogP contribution >= 0.6 is 0 Å². The lowest BCUT2D eigenvalue weighted by Crippen LogP contribution is -2.29. The fourth-order valence-corrected chi connectivity index (χ4v) is 3.64. The smallest absolute Gasteiger partial charge is 0.273 e. The molecule has 0 spiro atoms. The number of amides is 1. The minimum atomic E-state index is -0.481. The van der Waals surface area contributed by atoms with Gasteiger partial charge in [0, 0.05) is 34.6 Å². The standard InChI is InChI=1S/C24H16N4O3/c25-13-15-4-8-18(9-5-15)27-23(30)16-6-10-19(11-7-16)28-21-2-1-3-22(29)20(21)12-17(14-26)24(28)31/h4-12H,1-3H2,(H,27,30). The van der Waals surface area contributed by atoms with E-state index in [1.54, 1.807) is 48.5 Å². The molecular weight excluding hydrogens is 392 g/mol. The van der Waals surface area contributed by atoms with Gasteiger partial charge in [-0.25, -0.2) is 0 Å². The zero-order valence-corrected chi connectivity index (χ0v) is 16.4. The van der Waals surface area contributed by atoms with Crippen LogP contribution in [0.25, 0.3) is 5.69 Å². The average molecular weight is 408 g/mol. The summed E-state index contributed by atoms with van der Waals surface area (Å²) < 4.78 is 1.40. The number of carbonyl (C=O) groups excluding carboxylic acids is 2. The van der Waals surface area contributed by atoms with Gasteiger partial charge in [-0.2, -0.15) is 10.5 Å². The van der Waals surface area contributed by atoms with Crippen molar-refractivity contribution in [2.24, 2.45) is 0 Å². The number of nitriles is 2. The SMILES string of the molecule is N#Cc1ccc(NC(=O)c2ccc(-n3c4c(cc(C#N)c3=O)C(=O)CCC4)cc2)cc1. The van der Waals surface area contributed by atoms with Crippen LogP contribution in [0.15, 0.2) is 59.4 Å². The minimum absolute atomic E-state index is 0.0788. The molecule has 1 N–H and O–H groups in total. The minimum Gasteiger partial charge on any atom is -0.322 e. The van der Waals surface area contributed by atoms with Crippen molar-refractivity contribution in [1.82, 2.24) is 4.57 Å². The van der Waals surface area contributed by atoms with Gasteiger partial charge >= 0.3 is 0 Å². The first-order valence-electron chi connectivity index (χ1n) is 9.66. The third-order valence-corrected chi connectivity index (χ3v) is 5.20. The molecule has 2 aromatic carbocycles. The maximum absolute atomic E-state index is 12.8. The third kappa shape index (κ3) is 3.73. The number of anilines is 1. The van der Waals surface area contributed by atoms with Gasteiger partial charge < -0.3 is 5.32 Å². The number of fused-ring (bicyclic) bond motifs is 1. The molecule has 7 nitrogen and oxygen atoms in total. The van der Waals surface area contributed by atoms with Crippen LogP contribution in [0.1, 0.15) is 50.4 Å². The Kier molecular flexibility index (Phi) is 5.17. The Morgan fingerprint density at radius 1 is 0.935 bits per heavy atom. The molecule has 0 bridgehead atoms. The van der Waals surface area contributed by atoms with Gasteiger partial charge in [0.1, 0.15) is 11.6 Å². The van der Waals surface area contributed by atoms with E-state index in [9.17, 15) is 19.6 Å². The number of hydrogen-bond acceptors (Lipinski definition) is 5. The van der Waals surface area contributed by atoms with Crippen LogP contribution in [-0.4, -0.2) is 16.3 Å². The largest absolute Gasteiger partial charge is 0.322 e. The van der Waals surface area contributed by atoms with Gasteiger partial charge in [-0.3, -0.25) is 19.0 Å². The van der Waals surface area contributed by atoms with Gasteiger partial charge in [-0.1, -0.05) is 0 Å². The second kappa shape index (κ2) is 8.10. The van der Waals surface area contributed by atoms with E-state index in [0.29, 0.717) is 53.0 Å². The van der Waals surface area contributed by atoms with E-state index in [0.717, 1.165) is 0 Å². The van der Waals surface area contributed by atoms with Crippen LogP contribution in [-0.2, 0) is 6.42 Å². The van der Waals surface area contributed by atoms with Crippen molar-refractivity contribution in [2.45, 2.75) is 19.3 Å². The van der Waals surface area contributed by atoms with Crippen LogP contribution in [0, 0.1) is 22.7 Å². The van der Waals surface area contributed by atoms with E-state index < -0.39 is 5.56 Å². The molecule has 0 saturated heterocycles. The molecule has 1 heterocycles. The van der Waals surface area contributed by atoms with E-state index in [-0.39, 0.29) is 17.3 Å². The van der Waals surface area contributed by atoms with Crippen LogP contribution in [0.5, 0.6) is 0 Å². The fourth-order valence-electron chi connectivity index (χ4n) is 3.64. The molecule has 0 aliphatic heterocycles. The second-order valence-corrected chi connectivity index (χ2v) is 7.14. The molecule has 0 radical (unpaired) electrons. The molecule has 1 amide bonds. The zero-order valence-electron chi connectivity index (χ0n) is 16.4. The number of nitrogens with zero attached hydrogens (tertiary/aromatic N) is 3. The number of rotatable bonds is 3. The fraction of sp³-hybridized carbons (Fsp3) is 0.125. The summed E-state index contributed by atoms with van der Waals surface area (Å²) in [7, 11) is 0. The molecule has 0 fully saturated rings. The molecule has 0 saturated carbocycles. The summed E-state index contributed by atoms with van der Waals surface area (Å²) in [6, 6.07) is 18.2. The summed E-state index contributed by atoms with van der Waals surface area (Å²) in [5.41, 5.74) is 2.35. The van der Waals surface area contributed by atoms with Gasteiger partial charge in [0.25, 0.3) is 11.5 Å². The number of nitrogens with one attached hydrogen (secondary N) is 1. The van der Waals surface area contributed by atoms with Gasteiger partial charge in [0.05, 0.1) is 11.6 Å². The number of hydrogen-bond donors (Lipinski definition) is 1. The quantitative estimate of drug-likeness (QED) is 0.713. The molecule has 1 aliphatic carbocycles.